The molecule has 0 saturated heterocycles. The number of guanidine groups is 1. The van der Waals surface area contributed by atoms with Gasteiger partial charge in [0.05, 0.1) is 0 Å². The van der Waals surface area contributed by atoms with Crippen LogP contribution in [-0.2, 0) is 0 Å². The summed E-state index contributed by atoms with van der Waals surface area (Å²) in [7, 11) is 1.77. The van der Waals surface area contributed by atoms with Crippen molar-refractivity contribution in [2.45, 2.75) is 40.0 Å². The topological polar surface area (TPSA) is 56.7 Å². The summed E-state index contributed by atoms with van der Waals surface area (Å²) in [6.07, 6.45) is 2.98. The Hall–Kier alpha value is -0.770. The maximum absolute atomic E-state index is 9.12. The molecule has 0 saturated carbocycles. The average Bonchev–Trinajstić information content (AvgIpc) is 2.33. The Morgan fingerprint density at radius 3 is 2.19 bits per heavy atom. The van der Waals surface area contributed by atoms with E-state index >= 15 is 0 Å². The molecule has 0 heterocycles. The first-order valence-electron chi connectivity index (χ1n) is 6.23. The van der Waals surface area contributed by atoms with E-state index in [1.165, 1.54) is 0 Å². The van der Waals surface area contributed by atoms with Crippen LogP contribution in [0.5, 0.6) is 0 Å². The van der Waals surface area contributed by atoms with Gasteiger partial charge in [0.2, 0.25) is 0 Å². The first kappa shape index (κ1) is 15.2. The molecule has 4 heteroatoms. The van der Waals surface area contributed by atoms with E-state index in [2.05, 4.69) is 29.5 Å². The third-order valence-electron chi connectivity index (χ3n) is 3.34. The largest absolute Gasteiger partial charge is 0.396 e. The zero-order valence-electron chi connectivity index (χ0n) is 11.1. The van der Waals surface area contributed by atoms with Crippen molar-refractivity contribution in [3.05, 3.63) is 0 Å². The van der Waals surface area contributed by atoms with Gasteiger partial charge in [0.25, 0.3) is 0 Å². The van der Waals surface area contributed by atoms with Crippen LogP contribution < -0.4 is 10.6 Å². The van der Waals surface area contributed by atoms with Crippen molar-refractivity contribution in [2.24, 2.45) is 10.4 Å². The van der Waals surface area contributed by atoms with Gasteiger partial charge in [-0.2, -0.15) is 0 Å². The molecule has 0 bridgehead atoms. The van der Waals surface area contributed by atoms with E-state index in [4.69, 9.17) is 5.11 Å². The number of aliphatic imine (C=N–C) groups is 1. The molecule has 0 aliphatic rings. The summed E-state index contributed by atoms with van der Waals surface area (Å²) >= 11 is 0. The Morgan fingerprint density at radius 2 is 1.81 bits per heavy atom. The highest BCUT2D eigenvalue weighted by atomic mass is 16.3. The molecule has 0 spiro atoms. The highest BCUT2D eigenvalue weighted by Gasteiger charge is 2.25. The highest BCUT2D eigenvalue weighted by molar-refractivity contribution is 5.79. The van der Waals surface area contributed by atoms with Gasteiger partial charge in [0.1, 0.15) is 0 Å². The van der Waals surface area contributed by atoms with Gasteiger partial charge in [-0.15, -0.1) is 0 Å². The molecule has 16 heavy (non-hydrogen) atoms. The molecular weight excluding hydrogens is 202 g/mol. The predicted octanol–water partition coefficient (Wildman–Crippen LogP) is 1.36. The summed E-state index contributed by atoms with van der Waals surface area (Å²) in [4.78, 5) is 4.14. The van der Waals surface area contributed by atoms with Crippen LogP contribution in [0.15, 0.2) is 4.99 Å². The zero-order valence-corrected chi connectivity index (χ0v) is 11.1. The number of hydrogen-bond donors (Lipinski definition) is 3. The SMILES string of the molecule is CCNC(=NC)NCC(CC)(CC)CCO. The maximum Gasteiger partial charge on any atom is 0.190 e. The molecule has 0 aliphatic heterocycles. The van der Waals surface area contributed by atoms with Crippen LogP contribution in [0.1, 0.15) is 40.0 Å². The van der Waals surface area contributed by atoms with Crippen LogP contribution in [0, 0.1) is 5.41 Å². The number of aliphatic hydroxyl groups excluding tert-OH is 1. The Labute approximate surface area is 99.5 Å². The second kappa shape index (κ2) is 8.39. The van der Waals surface area contributed by atoms with Crippen LogP contribution in [0.2, 0.25) is 0 Å². The maximum atomic E-state index is 9.12. The minimum absolute atomic E-state index is 0.181. The normalized spacial score (nSPS) is 12.7. The highest BCUT2D eigenvalue weighted by Crippen LogP contribution is 2.29. The fourth-order valence-electron chi connectivity index (χ4n) is 1.84. The number of hydrogen-bond acceptors (Lipinski definition) is 2. The first-order valence-corrected chi connectivity index (χ1v) is 6.23. The molecule has 4 nitrogen and oxygen atoms in total. The Balaban J connectivity index is 4.29. The minimum Gasteiger partial charge on any atom is -0.396 e. The monoisotopic (exact) mass is 229 g/mol. The van der Waals surface area contributed by atoms with Gasteiger partial charge in [0, 0.05) is 26.7 Å². The van der Waals surface area contributed by atoms with Gasteiger partial charge < -0.3 is 15.7 Å². The number of nitrogens with zero attached hydrogens (tertiary/aromatic N) is 1. The quantitative estimate of drug-likeness (QED) is 0.456. The first-order chi connectivity index (χ1) is 7.67. The molecular formula is C12H27N3O. The number of nitrogens with one attached hydrogen (secondary N) is 2. The van der Waals surface area contributed by atoms with Gasteiger partial charge in [-0.1, -0.05) is 13.8 Å². The van der Waals surface area contributed by atoms with E-state index in [9.17, 15) is 0 Å². The third-order valence-corrected chi connectivity index (χ3v) is 3.34. The van der Waals surface area contributed by atoms with Crippen LogP contribution in [-0.4, -0.2) is 37.8 Å². The molecule has 0 fully saturated rings. The van der Waals surface area contributed by atoms with Gasteiger partial charge in [-0.3, -0.25) is 4.99 Å². The van der Waals surface area contributed by atoms with Gasteiger partial charge in [-0.25, -0.2) is 0 Å². The summed E-state index contributed by atoms with van der Waals surface area (Å²) in [5.41, 5.74) is 0.181. The Kier molecular flexibility index (Phi) is 7.99. The molecule has 0 rings (SSSR count). The predicted molar refractivity (Wildman–Crippen MR) is 69.8 cm³/mol. The molecule has 3 N–H and O–H groups in total. The molecule has 0 aromatic heterocycles. The molecule has 0 unspecified atom stereocenters. The second-order valence-corrected chi connectivity index (χ2v) is 4.14. The zero-order chi connectivity index (χ0) is 12.4. The van der Waals surface area contributed by atoms with Crippen LogP contribution >= 0.6 is 0 Å². The van der Waals surface area contributed by atoms with Gasteiger partial charge in [0.15, 0.2) is 5.96 Å². The van der Waals surface area contributed by atoms with Gasteiger partial charge >= 0.3 is 0 Å². The third kappa shape index (κ3) is 4.84. The van der Waals surface area contributed by atoms with E-state index in [0.29, 0.717) is 0 Å². The number of rotatable bonds is 7. The molecule has 0 aliphatic carbocycles. The lowest BCUT2D eigenvalue weighted by atomic mass is 9.79. The lowest BCUT2D eigenvalue weighted by Gasteiger charge is -2.32. The average molecular weight is 229 g/mol. The van der Waals surface area contributed by atoms with Gasteiger partial charge in [-0.05, 0) is 31.6 Å². The second-order valence-electron chi connectivity index (χ2n) is 4.14. The summed E-state index contributed by atoms with van der Waals surface area (Å²) in [5, 5.41) is 15.6. The molecule has 0 aromatic rings. The molecule has 96 valence electrons. The molecule has 0 radical (unpaired) electrons. The fourth-order valence-corrected chi connectivity index (χ4v) is 1.84. The lowest BCUT2D eigenvalue weighted by molar-refractivity contribution is 0.169. The summed E-state index contributed by atoms with van der Waals surface area (Å²) < 4.78 is 0. The molecule has 0 atom stereocenters. The van der Waals surface area contributed by atoms with E-state index in [0.717, 1.165) is 38.3 Å². The smallest absolute Gasteiger partial charge is 0.190 e. The van der Waals surface area contributed by atoms with Crippen molar-refractivity contribution in [1.29, 1.82) is 0 Å². The lowest BCUT2D eigenvalue weighted by Crippen LogP contribution is -2.43. The van der Waals surface area contributed by atoms with Crippen molar-refractivity contribution in [3.8, 4) is 0 Å². The van der Waals surface area contributed by atoms with Crippen molar-refractivity contribution < 1.29 is 5.11 Å². The van der Waals surface area contributed by atoms with Crippen LogP contribution in [0.4, 0.5) is 0 Å². The Bertz CT molecular complexity index is 200. The molecule has 0 amide bonds. The summed E-state index contributed by atoms with van der Waals surface area (Å²) in [6.45, 7) is 8.38. The molecule has 0 aromatic carbocycles. The minimum atomic E-state index is 0.181. The number of aliphatic hydroxyl groups is 1. The standard InChI is InChI=1S/C12H27N3O/c1-5-12(6-2,8-9-16)10-15-11(13-4)14-7-3/h16H,5-10H2,1-4H3,(H2,13,14,15). The van der Waals surface area contributed by atoms with E-state index in [1.807, 2.05) is 6.92 Å². The van der Waals surface area contributed by atoms with Crippen molar-refractivity contribution in [2.75, 3.05) is 26.7 Å². The van der Waals surface area contributed by atoms with E-state index in [1.54, 1.807) is 7.05 Å². The van der Waals surface area contributed by atoms with Crippen LogP contribution in [0.25, 0.3) is 0 Å². The summed E-state index contributed by atoms with van der Waals surface area (Å²) in [6, 6.07) is 0. The fraction of sp³-hybridized carbons (Fsp3) is 0.917. The van der Waals surface area contributed by atoms with E-state index in [-0.39, 0.29) is 12.0 Å². The van der Waals surface area contributed by atoms with E-state index < -0.39 is 0 Å². The summed E-state index contributed by atoms with van der Waals surface area (Å²) in [5.74, 6) is 0.840. The van der Waals surface area contributed by atoms with Crippen LogP contribution in [0.3, 0.4) is 0 Å². The van der Waals surface area contributed by atoms with Crippen molar-refractivity contribution in [3.63, 3.8) is 0 Å². The van der Waals surface area contributed by atoms with Crippen molar-refractivity contribution >= 4 is 5.96 Å². The Morgan fingerprint density at radius 1 is 1.19 bits per heavy atom. The van der Waals surface area contributed by atoms with Crippen molar-refractivity contribution in [1.82, 2.24) is 10.6 Å².